The van der Waals surface area contributed by atoms with Crippen LogP contribution in [-0.4, -0.2) is 7.11 Å². The Hall–Kier alpha value is -0.780. The maximum atomic E-state index is 6.23. The summed E-state index contributed by atoms with van der Waals surface area (Å²) in [6, 6.07) is 13.4. The molecule has 2 nitrogen and oxygen atoms in total. The largest absolute Gasteiger partial charge is 0.497 e. The number of benzene rings is 2. The molecule has 0 radical (unpaired) electrons. The molecule has 1 atom stereocenters. The predicted octanol–water partition coefficient (Wildman–Crippen LogP) is 4.00. The second-order valence-corrected chi connectivity index (χ2v) is 5.57. The van der Waals surface area contributed by atoms with Crippen molar-refractivity contribution in [3.8, 4) is 5.75 Å². The zero-order chi connectivity index (χ0) is 13.1. The third-order valence-corrected chi connectivity index (χ3v) is 3.82. The van der Waals surface area contributed by atoms with Crippen LogP contribution in [0.2, 0.25) is 5.02 Å². The molecule has 94 valence electrons. The summed E-state index contributed by atoms with van der Waals surface area (Å²) in [4.78, 5) is 0. The number of rotatable bonds is 3. The molecule has 0 fully saturated rings. The second kappa shape index (κ2) is 5.91. The number of halogens is 2. The Kier molecular flexibility index (Phi) is 4.48. The van der Waals surface area contributed by atoms with Gasteiger partial charge in [0.1, 0.15) is 5.75 Å². The van der Waals surface area contributed by atoms with Gasteiger partial charge >= 0.3 is 0 Å². The lowest BCUT2D eigenvalue weighted by Gasteiger charge is -2.15. The van der Waals surface area contributed by atoms with Crippen molar-refractivity contribution in [1.29, 1.82) is 0 Å². The van der Waals surface area contributed by atoms with Crippen LogP contribution < -0.4 is 10.5 Å². The van der Waals surface area contributed by atoms with E-state index < -0.39 is 0 Å². The fraction of sp³-hybridized carbons (Fsp3) is 0.143. The Morgan fingerprint density at radius 3 is 2.39 bits per heavy atom. The normalized spacial score (nSPS) is 12.2. The standard InChI is InChI=1S/C14H13ClINO/c1-18-11-6-7-12(13(15)8-11)14(17)9-2-4-10(16)5-3-9/h2-8,14H,17H2,1H3. The third kappa shape index (κ3) is 2.96. The molecular formula is C14H13ClINO. The number of hydrogen-bond donors (Lipinski definition) is 1. The van der Waals surface area contributed by atoms with Crippen LogP contribution in [0, 0.1) is 3.57 Å². The predicted molar refractivity (Wildman–Crippen MR) is 83.2 cm³/mol. The van der Waals surface area contributed by atoms with Crippen molar-refractivity contribution in [1.82, 2.24) is 0 Å². The summed E-state index contributed by atoms with van der Waals surface area (Å²) in [7, 11) is 1.62. The van der Waals surface area contributed by atoms with Crippen LogP contribution in [0.3, 0.4) is 0 Å². The number of nitrogens with two attached hydrogens (primary N) is 1. The van der Waals surface area contributed by atoms with Crippen molar-refractivity contribution in [2.24, 2.45) is 5.73 Å². The Bertz CT molecular complexity index is 542. The topological polar surface area (TPSA) is 35.2 Å². The first-order valence-corrected chi connectivity index (χ1v) is 6.92. The van der Waals surface area contributed by atoms with Crippen LogP contribution in [0.25, 0.3) is 0 Å². The second-order valence-electron chi connectivity index (χ2n) is 3.92. The van der Waals surface area contributed by atoms with Crippen molar-refractivity contribution in [3.63, 3.8) is 0 Å². The van der Waals surface area contributed by atoms with E-state index in [0.717, 1.165) is 16.9 Å². The van der Waals surface area contributed by atoms with E-state index in [1.165, 1.54) is 3.57 Å². The Morgan fingerprint density at radius 2 is 1.83 bits per heavy atom. The summed E-state index contributed by atoms with van der Waals surface area (Å²) in [6.45, 7) is 0. The molecule has 4 heteroatoms. The molecule has 0 amide bonds. The minimum Gasteiger partial charge on any atom is -0.497 e. The molecule has 2 aromatic carbocycles. The zero-order valence-corrected chi connectivity index (χ0v) is 12.8. The molecule has 0 saturated carbocycles. The van der Waals surface area contributed by atoms with Gasteiger partial charge in [-0.2, -0.15) is 0 Å². The molecule has 0 heterocycles. The molecule has 0 saturated heterocycles. The number of methoxy groups -OCH3 is 1. The van der Waals surface area contributed by atoms with Crippen molar-refractivity contribution in [2.45, 2.75) is 6.04 Å². The molecule has 2 rings (SSSR count). The van der Waals surface area contributed by atoms with Crippen LogP contribution >= 0.6 is 34.2 Å². The minimum atomic E-state index is -0.222. The molecule has 2 aromatic rings. The summed E-state index contributed by atoms with van der Waals surface area (Å²) in [5.41, 5.74) is 8.18. The Morgan fingerprint density at radius 1 is 1.17 bits per heavy atom. The first-order chi connectivity index (χ1) is 8.61. The van der Waals surface area contributed by atoms with Crippen molar-refractivity contribution < 1.29 is 4.74 Å². The SMILES string of the molecule is COc1ccc(C(N)c2ccc(I)cc2)c(Cl)c1. The van der Waals surface area contributed by atoms with Crippen LogP contribution in [-0.2, 0) is 0 Å². The van der Waals surface area contributed by atoms with Crippen molar-refractivity contribution >= 4 is 34.2 Å². The van der Waals surface area contributed by atoms with Crippen LogP contribution in [0.5, 0.6) is 5.75 Å². The molecule has 1 unspecified atom stereocenters. The van der Waals surface area contributed by atoms with E-state index in [2.05, 4.69) is 22.6 Å². The smallest absolute Gasteiger partial charge is 0.120 e. The minimum absolute atomic E-state index is 0.222. The molecule has 18 heavy (non-hydrogen) atoms. The summed E-state index contributed by atoms with van der Waals surface area (Å²) >= 11 is 8.49. The van der Waals surface area contributed by atoms with Crippen LogP contribution in [0.15, 0.2) is 42.5 Å². The third-order valence-electron chi connectivity index (χ3n) is 2.77. The molecule has 0 aromatic heterocycles. The number of hydrogen-bond acceptors (Lipinski definition) is 2. The van der Waals surface area contributed by atoms with Gasteiger partial charge in [-0.15, -0.1) is 0 Å². The molecule has 0 bridgehead atoms. The van der Waals surface area contributed by atoms with Gasteiger partial charge in [0, 0.05) is 8.59 Å². The molecular weight excluding hydrogens is 361 g/mol. The lowest BCUT2D eigenvalue weighted by molar-refractivity contribution is 0.414. The average Bonchev–Trinajstić information content (AvgIpc) is 2.38. The first-order valence-electron chi connectivity index (χ1n) is 5.46. The van der Waals surface area contributed by atoms with Gasteiger partial charge in [-0.3, -0.25) is 0 Å². The summed E-state index contributed by atoms with van der Waals surface area (Å²) in [6.07, 6.45) is 0. The monoisotopic (exact) mass is 373 g/mol. The molecule has 2 N–H and O–H groups in total. The molecule has 0 aliphatic heterocycles. The average molecular weight is 374 g/mol. The maximum Gasteiger partial charge on any atom is 0.120 e. The fourth-order valence-corrected chi connectivity index (χ4v) is 2.38. The van der Waals surface area contributed by atoms with Gasteiger partial charge in [0.25, 0.3) is 0 Å². The molecule has 0 spiro atoms. The van der Waals surface area contributed by atoms with Crippen LogP contribution in [0.4, 0.5) is 0 Å². The van der Waals surface area contributed by atoms with E-state index in [9.17, 15) is 0 Å². The zero-order valence-electron chi connectivity index (χ0n) is 9.86. The fourth-order valence-electron chi connectivity index (χ4n) is 1.74. The van der Waals surface area contributed by atoms with Gasteiger partial charge in [-0.25, -0.2) is 0 Å². The first kappa shape index (κ1) is 13.6. The number of ether oxygens (including phenoxy) is 1. The van der Waals surface area contributed by atoms with Gasteiger partial charge < -0.3 is 10.5 Å². The summed E-state index contributed by atoms with van der Waals surface area (Å²) < 4.78 is 6.31. The van der Waals surface area contributed by atoms with E-state index in [4.69, 9.17) is 22.1 Å². The highest BCUT2D eigenvalue weighted by atomic mass is 127. The van der Waals surface area contributed by atoms with Gasteiger partial charge in [0.15, 0.2) is 0 Å². The Balaban J connectivity index is 2.33. The van der Waals surface area contributed by atoms with Gasteiger partial charge in [0.2, 0.25) is 0 Å². The van der Waals surface area contributed by atoms with E-state index in [1.54, 1.807) is 13.2 Å². The highest BCUT2D eigenvalue weighted by Gasteiger charge is 2.13. The van der Waals surface area contributed by atoms with Crippen LogP contribution in [0.1, 0.15) is 17.2 Å². The van der Waals surface area contributed by atoms with Crippen molar-refractivity contribution in [2.75, 3.05) is 7.11 Å². The maximum absolute atomic E-state index is 6.23. The highest BCUT2D eigenvalue weighted by Crippen LogP contribution is 2.29. The summed E-state index contributed by atoms with van der Waals surface area (Å²) in [5.74, 6) is 0.735. The lowest BCUT2D eigenvalue weighted by Crippen LogP contribution is -2.12. The van der Waals surface area contributed by atoms with Gasteiger partial charge in [-0.05, 0) is 58.0 Å². The lowest BCUT2D eigenvalue weighted by atomic mass is 9.99. The van der Waals surface area contributed by atoms with Crippen molar-refractivity contribution in [3.05, 3.63) is 62.2 Å². The van der Waals surface area contributed by atoms with E-state index in [-0.39, 0.29) is 6.04 Å². The highest BCUT2D eigenvalue weighted by molar-refractivity contribution is 14.1. The molecule has 0 aliphatic carbocycles. The van der Waals surface area contributed by atoms with E-state index in [0.29, 0.717) is 5.02 Å². The van der Waals surface area contributed by atoms with E-state index in [1.807, 2.05) is 36.4 Å². The van der Waals surface area contributed by atoms with E-state index >= 15 is 0 Å². The Labute approximate surface area is 125 Å². The quantitative estimate of drug-likeness (QED) is 0.825. The molecule has 0 aliphatic rings. The van der Waals surface area contributed by atoms with Gasteiger partial charge in [0.05, 0.1) is 13.2 Å². The van der Waals surface area contributed by atoms with Gasteiger partial charge in [-0.1, -0.05) is 29.8 Å². The summed E-state index contributed by atoms with van der Waals surface area (Å²) in [5, 5.41) is 0.625.